The van der Waals surface area contributed by atoms with E-state index in [0.717, 1.165) is 39.1 Å². The molecule has 2 bridgehead atoms. The molecule has 3 aliphatic rings. The maximum Gasteiger partial charge on any atom is 0.235 e. The smallest absolute Gasteiger partial charge is 0.235 e. The van der Waals surface area contributed by atoms with Crippen LogP contribution in [0, 0.1) is 11.8 Å². The van der Waals surface area contributed by atoms with Crippen molar-refractivity contribution in [3.05, 3.63) is 139 Å². The number of rotatable bonds is 3. The zero-order valence-electron chi connectivity index (χ0n) is 27.3. The average Bonchev–Trinajstić information content (AvgIpc) is 3.25. The van der Waals surface area contributed by atoms with Gasteiger partial charge in [-0.3, -0.25) is 4.57 Å². The standard InChI is InChI=1S/C45H37N3/c1-28-23-29-15-16-34(28)27-45(2,26-29)35-20-17-31(18-21-35)42-38-13-7-8-14-40(38)46-44(47-42)48-41-25-33-11-4-3-10-32(33)24-39(41)37-22-19-30-9-5-6-12-36(30)43(37)48/h3-14,17-22,24-25,29,34H,1,15-16,23,26-27H2,2H3/t29-,34?,45?/m0/s1. The fourth-order valence-electron chi connectivity index (χ4n) is 9.29. The van der Waals surface area contributed by atoms with Crippen molar-refractivity contribution >= 4 is 54.3 Å². The molecule has 2 unspecified atom stereocenters. The summed E-state index contributed by atoms with van der Waals surface area (Å²) in [5.41, 5.74) is 8.41. The predicted molar refractivity (Wildman–Crippen MR) is 201 cm³/mol. The number of aromatic nitrogens is 3. The number of nitrogens with zero attached hydrogens (tertiary/aromatic N) is 3. The minimum atomic E-state index is 0.176. The molecular formula is C45H37N3. The highest BCUT2D eigenvalue weighted by Gasteiger charge is 2.40. The second kappa shape index (κ2) is 10.4. The molecule has 2 heterocycles. The zero-order valence-corrected chi connectivity index (χ0v) is 27.3. The molecule has 0 amide bonds. The van der Waals surface area contributed by atoms with Gasteiger partial charge in [0, 0.05) is 27.1 Å². The van der Waals surface area contributed by atoms with Crippen molar-refractivity contribution in [1.82, 2.24) is 14.5 Å². The Bertz CT molecular complexity index is 2590. The third-order valence-corrected chi connectivity index (χ3v) is 11.7. The molecule has 8 aromatic rings. The molecule has 3 nitrogen and oxygen atoms in total. The molecule has 3 saturated carbocycles. The quantitative estimate of drug-likeness (QED) is 0.184. The molecule has 0 spiro atoms. The highest BCUT2D eigenvalue weighted by Crippen LogP contribution is 2.51. The lowest BCUT2D eigenvalue weighted by molar-refractivity contribution is 0.353. The topological polar surface area (TPSA) is 30.7 Å². The Hall–Kier alpha value is -5.28. The van der Waals surface area contributed by atoms with Gasteiger partial charge >= 0.3 is 0 Å². The van der Waals surface area contributed by atoms with Crippen molar-refractivity contribution in [2.45, 2.75) is 44.4 Å². The highest BCUT2D eigenvalue weighted by molar-refractivity contribution is 6.20. The maximum absolute atomic E-state index is 5.46. The first kappa shape index (κ1) is 27.8. The van der Waals surface area contributed by atoms with Gasteiger partial charge in [0.2, 0.25) is 5.95 Å². The highest BCUT2D eigenvalue weighted by atomic mass is 15.2. The SMILES string of the molecule is C=C1C[C@@H]2CCC1CC(C)(c1ccc(-c3nc(-n4c5cc6ccccc6cc5c5ccc6ccccc6c54)nc4ccccc34)cc1)C2. The fourth-order valence-corrected chi connectivity index (χ4v) is 9.29. The Morgan fingerprint density at radius 2 is 1.40 bits per heavy atom. The predicted octanol–water partition coefficient (Wildman–Crippen LogP) is 11.7. The summed E-state index contributed by atoms with van der Waals surface area (Å²) in [6, 6.07) is 44.2. The fraction of sp³-hybridized carbons (Fsp3) is 0.200. The number of hydrogen-bond acceptors (Lipinski definition) is 2. The van der Waals surface area contributed by atoms with Gasteiger partial charge in [-0.1, -0.05) is 122 Å². The monoisotopic (exact) mass is 619 g/mol. The molecule has 2 aromatic heterocycles. The number of allylic oxidation sites excluding steroid dienone is 1. The van der Waals surface area contributed by atoms with Gasteiger partial charge in [0.15, 0.2) is 0 Å². The van der Waals surface area contributed by atoms with Gasteiger partial charge in [-0.2, -0.15) is 0 Å². The normalized spacial score (nSPS) is 21.1. The van der Waals surface area contributed by atoms with Crippen LogP contribution in [0.2, 0.25) is 0 Å². The third kappa shape index (κ3) is 4.20. The molecule has 3 heteroatoms. The van der Waals surface area contributed by atoms with Gasteiger partial charge in [-0.25, -0.2) is 9.97 Å². The van der Waals surface area contributed by atoms with E-state index in [1.165, 1.54) is 75.6 Å². The largest absolute Gasteiger partial charge is 0.277 e. The van der Waals surface area contributed by atoms with Gasteiger partial charge in [0.1, 0.15) is 0 Å². The van der Waals surface area contributed by atoms with Crippen molar-refractivity contribution < 1.29 is 0 Å². The van der Waals surface area contributed by atoms with Crippen molar-refractivity contribution in [2.24, 2.45) is 11.8 Å². The van der Waals surface area contributed by atoms with Crippen molar-refractivity contribution in [1.29, 1.82) is 0 Å². The van der Waals surface area contributed by atoms with Crippen LogP contribution in [-0.2, 0) is 5.41 Å². The van der Waals surface area contributed by atoms with Gasteiger partial charge in [0.05, 0.1) is 22.2 Å². The molecule has 0 aliphatic heterocycles. The molecule has 0 saturated heterocycles. The summed E-state index contributed by atoms with van der Waals surface area (Å²) in [6.45, 7) is 6.97. The summed E-state index contributed by atoms with van der Waals surface area (Å²) in [4.78, 5) is 10.7. The van der Waals surface area contributed by atoms with Gasteiger partial charge in [-0.15, -0.1) is 0 Å². The summed E-state index contributed by atoms with van der Waals surface area (Å²) in [5.74, 6) is 2.11. The molecule has 232 valence electrons. The summed E-state index contributed by atoms with van der Waals surface area (Å²) >= 11 is 0. The van der Waals surface area contributed by atoms with Crippen LogP contribution in [0.3, 0.4) is 0 Å². The molecule has 3 atom stereocenters. The lowest BCUT2D eigenvalue weighted by atomic mass is 9.73. The zero-order chi connectivity index (χ0) is 32.0. The molecule has 3 aliphatic carbocycles. The van der Waals surface area contributed by atoms with Crippen LogP contribution in [-0.4, -0.2) is 14.5 Å². The Morgan fingerprint density at radius 3 is 2.21 bits per heavy atom. The molecule has 11 rings (SSSR count). The first-order valence-corrected chi connectivity index (χ1v) is 17.4. The number of benzene rings is 6. The number of para-hydroxylation sites is 1. The van der Waals surface area contributed by atoms with E-state index in [9.17, 15) is 0 Å². The van der Waals surface area contributed by atoms with Crippen molar-refractivity contribution in [2.75, 3.05) is 0 Å². The number of fused-ring (bicyclic) bond motifs is 11. The van der Waals surface area contributed by atoms with Crippen LogP contribution in [0.25, 0.3) is 71.5 Å². The van der Waals surface area contributed by atoms with E-state index in [4.69, 9.17) is 9.97 Å². The summed E-state index contributed by atoms with van der Waals surface area (Å²) in [6.07, 6.45) is 6.32. The Balaban J connectivity index is 1.20. The summed E-state index contributed by atoms with van der Waals surface area (Å²) in [7, 11) is 0. The third-order valence-electron chi connectivity index (χ3n) is 11.7. The molecular weight excluding hydrogens is 583 g/mol. The Labute approximate surface area is 280 Å². The second-order valence-corrected chi connectivity index (χ2v) is 14.7. The molecule has 6 aromatic carbocycles. The number of hydrogen-bond donors (Lipinski definition) is 0. The lowest BCUT2D eigenvalue weighted by Gasteiger charge is -2.31. The molecule has 3 fully saturated rings. The summed E-state index contributed by atoms with van der Waals surface area (Å²) in [5, 5.41) is 8.34. The Kier molecular flexibility index (Phi) is 6.00. The van der Waals surface area contributed by atoms with Crippen molar-refractivity contribution in [3.63, 3.8) is 0 Å². The average molecular weight is 620 g/mol. The van der Waals surface area contributed by atoms with Crippen LogP contribution < -0.4 is 0 Å². The molecule has 0 radical (unpaired) electrons. The minimum Gasteiger partial charge on any atom is -0.277 e. The van der Waals surface area contributed by atoms with Crippen LogP contribution in [0.5, 0.6) is 0 Å². The Morgan fingerprint density at radius 1 is 0.667 bits per heavy atom. The van der Waals surface area contributed by atoms with E-state index in [1.54, 1.807) is 0 Å². The van der Waals surface area contributed by atoms with Gasteiger partial charge < -0.3 is 0 Å². The maximum atomic E-state index is 5.46. The van der Waals surface area contributed by atoms with E-state index in [1.807, 2.05) is 0 Å². The lowest BCUT2D eigenvalue weighted by Crippen LogP contribution is -2.23. The first-order valence-electron chi connectivity index (χ1n) is 17.4. The van der Waals surface area contributed by atoms with E-state index >= 15 is 0 Å². The minimum absolute atomic E-state index is 0.176. The molecule has 0 N–H and O–H groups in total. The molecule has 48 heavy (non-hydrogen) atoms. The van der Waals surface area contributed by atoms with Crippen LogP contribution in [0.1, 0.15) is 44.6 Å². The van der Waals surface area contributed by atoms with E-state index < -0.39 is 0 Å². The van der Waals surface area contributed by atoms with E-state index in [2.05, 4.69) is 139 Å². The summed E-state index contributed by atoms with van der Waals surface area (Å²) < 4.78 is 2.30. The van der Waals surface area contributed by atoms with Crippen LogP contribution in [0.4, 0.5) is 0 Å². The van der Waals surface area contributed by atoms with Gasteiger partial charge in [0.25, 0.3) is 0 Å². The van der Waals surface area contributed by atoms with E-state index in [0.29, 0.717) is 11.9 Å². The van der Waals surface area contributed by atoms with Crippen LogP contribution in [0.15, 0.2) is 133 Å². The first-order chi connectivity index (χ1) is 23.5. The van der Waals surface area contributed by atoms with E-state index in [-0.39, 0.29) is 5.41 Å². The van der Waals surface area contributed by atoms with Crippen molar-refractivity contribution in [3.8, 4) is 17.2 Å². The van der Waals surface area contributed by atoms with Crippen LogP contribution >= 0.6 is 0 Å². The second-order valence-electron chi connectivity index (χ2n) is 14.7. The van der Waals surface area contributed by atoms with Gasteiger partial charge in [-0.05, 0) is 89.3 Å².